The summed E-state index contributed by atoms with van der Waals surface area (Å²) in [6.45, 7) is 0. The molecule has 0 saturated carbocycles. The Balaban J connectivity index is 0. The highest BCUT2D eigenvalue weighted by molar-refractivity contribution is 8.08. The minimum Gasteiger partial charge on any atom is -0.534 e. The van der Waals surface area contributed by atoms with Gasteiger partial charge in [0.05, 0.1) is 19.4 Å². The summed E-state index contributed by atoms with van der Waals surface area (Å²) < 4.78 is 49.1. The van der Waals surface area contributed by atoms with Crippen molar-refractivity contribution in [1.29, 1.82) is 0 Å². The molecule has 0 aromatic rings. The van der Waals surface area contributed by atoms with Gasteiger partial charge in [-0.25, -0.2) is 0 Å². The number of hydrogen-bond donors (Lipinski definition) is 0. The summed E-state index contributed by atoms with van der Waals surface area (Å²) in [5.41, 5.74) is -1.61. The smallest absolute Gasteiger partial charge is 0.534 e. The molecule has 2 nitrogen and oxygen atoms in total. The third kappa shape index (κ3) is 6160. The van der Waals surface area contributed by atoms with Gasteiger partial charge >= 0.3 is 11.1 Å². The molecule has 0 saturated heterocycles. The van der Waals surface area contributed by atoms with Crippen molar-refractivity contribution in [3.8, 4) is 0 Å². The molecule has 0 aliphatic rings. The van der Waals surface area contributed by atoms with E-state index in [0.29, 0.717) is 0 Å². The van der Waals surface area contributed by atoms with E-state index in [9.17, 15) is 19.4 Å². The zero-order valence-corrected chi connectivity index (χ0v) is 5.56. The Bertz CT molecular complexity index is 106. The molecule has 0 amide bonds. The van der Waals surface area contributed by atoms with Crippen LogP contribution in [0.15, 0.2) is 0 Å². The van der Waals surface area contributed by atoms with Crippen molar-refractivity contribution in [3.63, 3.8) is 0 Å². The molecule has 64 valence electrons. The van der Waals surface area contributed by atoms with Crippen LogP contribution >= 0.6 is 11.6 Å². The Hall–Kier alpha value is -0.240. The highest BCUT2D eigenvalue weighted by Crippen LogP contribution is 2.46. The molecular formula is CClF5O2S. The molecular weight excluding hydrogens is 207 g/mol. The summed E-state index contributed by atoms with van der Waals surface area (Å²) in [5, 5.41) is 8.65. The molecule has 0 radical (unpaired) electrons. The second-order valence-electron chi connectivity index (χ2n) is 0.821. The third-order valence-electron chi connectivity index (χ3n) is 0. The summed E-state index contributed by atoms with van der Waals surface area (Å²) in [4.78, 5) is 8.65. The minimum absolute atomic E-state index is 1.61. The third-order valence-corrected chi connectivity index (χ3v) is 0. The second kappa shape index (κ2) is 3.24. The molecule has 0 heterocycles. The van der Waals surface area contributed by atoms with Crippen molar-refractivity contribution in [2.24, 2.45) is 0 Å². The Kier molecular flexibility index (Phi) is 4.03. The van der Waals surface area contributed by atoms with Crippen molar-refractivity contribution < 1.29 is 29.3 Å². The molecule has 0 aromatic carbocycles. The van der Waals surface area contributed by atoms with E-state index < -0.39 is 16.5 Å². The molecule has 0 fully saturated rings. The average molecular weight is 207 g/mol. The van der Waals surface area contributed by atoms with Gasteiger partial charge in [0, 0.05) is 0 Å². The van der Waals surface area contributed by atoms with Crippen LogP contribution in [0.25, 0.3) is 0 Å². The molecule has 0 rings (SSSR count). The summed E-state index contributed by atoms with van der Waals surface area (Å²) in [5.74, 6) is 0. The largest absolute Gasteiger partial charge is 0.571 e. The monoisotopic (exact) mass is 206 g/mol. The fourth-order valence-corrected chi connectivity index (χ4v) is 0. The predicted octanol–water partition coefficient (Wildman–Crippen LogP) is 1.67. The fourth-order valence-electron chi connectivity index (χ4n) is 0. The molecule has 10 heavy (non-hydrogen) atoms. The molecule has 0 unspecified atom stereocenters. The maximum absolute atomic E-state index is 9.82. The first-order chi connectivity index (χ1) is 3.97. The van der Waals surface area contributed by atoms with Crippen LogP contribution < -0.4 is 5.11 Å². The number of hydrogen-bond acceptors (Lipinski definition) is 2. The first-order valence-electron chi connectivity index (χ1n) is 1.37. The van der Waals surface area contributed by atoms with Crippen molar-refractivity contribution >= 4 is 28.1 Å². The van der Waals surface area contributed by atoms with Crippen LogP contribution in [0.5, 0.6) is 0 Å². The van der Waals surface area contributed by atoms with Gasteiger partial charge in [0.1, 0.15) is 5.43 Å². The Morgan fingerprint density at radius 1 is 1.20 bits per heavy atom. The quantitative estimate of drug-likeness (QED) is 0.344. The molecule has 0 bridgehead atoms. The SMILES string of the molecule is F[S+](F)(F)(F)F.O=C([O-])Cl. The minimum atomic E-state index is -8.35. The van der Waals surface area contributed by atoms with Crippen LogP contribution in [0.3, 0.4) is 0 Å². The lowest BCUT2D eigenvalue weighted by molar-refractivity contribution is -0.233. The summed E-state index contributed by atoms with van der Waals surface area (Å²) in [6, 6.07) is 0. The lowest BCUT2D eigenvalue weighted by Gasteiger charge is -1.92. The molecule has 9 heteroatoms. The molecule has 0 N–H and O–H groups in total. The van der Waals surface area contributed by atoms with Gasteiger partial charge < -0.3 is 9.90 Å². The Morgan fingerprint density at radius 2 is 1.20 bits per heavy atom. The zero-order chi connectivity index (χ0) is 9.02. The van der Waals surface area contributed by atoms with Crippen LogP contribution in [0.2, 0.25) is 0 Å². The molecule has 0 atom stereocenters. The van der Waals surface area contributed by atoms with E-state index in [1.165, 1.54) is 0 Å². The van der Waals surface area contributed by atoms with Gasteiger partial charge in [-0.3, -0.25) is 0 Å². The van der Waals surface area contributed by atoms with Crippen molar-refractivity contribution in [2.75, 3.05) is 0 Å². The van der Waals surface area contributed by atoms with Gasteiger partial charge in [0.2, 0.25) is 0 Å². The van der Waals surface area contributed by atoms with E-state index in [1.807, 2.05) is 0 Å². The fraction of sp³-hybridized carbons (Fsp3) is 0. The maximum Gasteiger partial charge on any atom is 0.571 e. The Labute approximate surface area is 58.3 Å². The van der Waals surface area contributed by atoms with E-state index in [2.05, 4.69) is 11.6 Å². The summed E-state index contributed by atoms with van der Waals surface area (Å²) >= 11 is -4.27. The second-order valence-corrected chi connectivity index (χ2v) is 2.30. The van der Waals surface area contributed by atoms with Crippen LogP contribution in [0.1, 0.15) is 0 Å². The van der Waals surface area contributed by atoms with Crippen LogP contribution in [0.4, 0.5) is 24.2 Å². The normalized spacial score (nSPS) is 14.0. The molecule has 0 aliphatic carbocycles. The van der Waals surface area contributed by atoms with Gasteiger partial charge in [-0.05, 0) is 0 Å². The van der Waals surface area contributed by atoms with E-state index in [-0.39, 0.29) is 0 Å². The van der Waals surface area contributed by atoms with Crippen molar-refractivity contribution in [1.82, 2.24) is 0 Å². The van der Waals surface area contributed by atoms with E-state index >= 15 is 0 Å². The van der Waals surface area contributed by atoms with Gasteiger partial charge in [-0.1, -0.05) is 11.6 Å². The standard InChI is InChI=1S/CHClO2.F5S/c2-1(3)4;1-6(2,3,4)5/h(H,3,4);/q;+1/p-1. The first-order valence-corrected chi connectivity index (χ1v) is 3.29. The van der Waals surface area contributed by atoms with E-state index in [1.54, 1.807) is 0 Å². The average Bonchev–Trinajstić information content (AvgIpc) is 1.14. The van der Waals surface area contributed by atoms with Gasteiger partial charge in [-0.2, -0.15) is 0 Å². The number of carboxylic acid groups (broad SMARTS) is 1. The number of carbonyl (C=O) groups excluding carboxylic acids is 1. The van der Waals surface area contributed by atoms with Gasteiger partial charge in [-0.15, -0.1) is 0 Å². The van der Waals surface area contributed by atoms with Gasteiger partial charge in [0.15, 0.2) is 0 Å². The molecule has 0 aliphatic heterocycles. The van der Waals surface area contributed by atoms with Crippen LogP contribution in [-0.4, -0.2) is 5.43 Å². The number of rotatable bonds is 0. The molecule has 0 aromatic heterocycles. The number of carbonyl (C=O) groups is 1. The van der Waals surface area contributed by atoms with Crippen molar-refractivity contribution in [3.05, 3.63) is 0 Å². The lowest BCUT2D eigenvalue weighted by atomic mass is 11.6. The van der Waals surface area contributed by atoms with Crippen LogP contribution in [0, 0.1) is 0 Å². The highest BCUT2D eigenvalue weighted by Gasteiger charge is 2.58. The zero-order valence-electron chi connectivity index (χ0n) is 3.99. The predicted molar refractivity (Wildman–Crippen MR) is 24.2 cm³/mol. The number of halogens is 6. The summed E-state index contributed by atoms with van der Waals surface area (Å²) in [7, 11) is 0. The van der Waals surface area contributed by atoms with E-state index in [4.69, 9.17) is 9.90 Å². The van der Waals surface area contributed by atoms with Gasteiger partial charge in [0.25, 0.3) is 0 Å². The molecule has 0 spiro atoms. The Morgan fingerprint density at radius 3 is 1.20 bits per heavy atom. The van der Waals surface area contributed by atoms with E-state index in [0.717, 1.165) is 0 Å². The summed E-state index contributed by atoms with van der Waals surface area (Å²) in [6.07, 6.45) is 0. The van der Waals surface area contributed by atoms with Crippen LogP contribution in [-0.2, 0) is 11.1 Å². The highest BCUT2D eigenvalue weighted by atomic mass is 35.5. The maximum atomic E-state index is 9.82. The van der Waals surface area contributed by atoms with Crippen molar-refractivity contribution in [2.45, 2.75) is 0 Å². The lowest BCUT2D eigenvalue weighted by Crippen LogP contribution is -2.11. The first kappa shape index (κ1) is 12.4. The topological polar surface area (TPSA) is 40.1 Å².